The van der Waals surface area contributed by atoms with Gasteiger partial charge in [0.1, 0.15) is 6.04 Å². The number of nitrogens with one attached hydrogen (secondary N) is 1. The molecule has 1 N–H and O–H groups in total. The maximum Gasteiger partial charge on any atom is 0.243 e. The Bertz CT molecular complexity index is 784. The Morgan fingerprint density at radius 3 is 2.54 bits per heavy atom. The number of benzene rings is 1. The molecule has 0 saturated heterocycles. The van der Waals surface area contributed by atoms with Crippen LogP contribution in [0.3, 0.4) is 0 Å². The smallest absolute Gasteiger partial charge is 0.243 e. The van der Waals surface area contributed by atoms with Crippen LogP contribution < -0.4 is 9.62 Å². The molecule has 0 bridgehead atoms. The van der Waals surface area contributed by atoms with E-state index in [9.17, 15) is 13.2 Å². The number of hydrogen-bond acceptors (Lipinski definition) is 3. The topological polar surface area (TPSA) is 66.5 Å². The normalized spacial score (nSPS) is 15.9. The lowest BCUT2D eigenvalue weighted by Crippen LogP contribution is -2.48. The number of amides is 1. The number of sulfonamides is 1. The van der Waals surface area contributed by atoms with Gasteiger partial charge in [-0.3, -0.25) is 9.10 Å². The molecular formula is C20H30N2O3S. The van der Waals surface area contributed by atoms with E-state index in [1.165, 1.54) is 22.7 Å². The molecule has 1 amide bonds. The van der Waals surface area contributed by atoms with Gasteiger partial charge in [0.25, 0.3) is 0 Å². The van der Waals surface area contributed by atoms with Crippen LogP contribution >= 0.6 is 0 Å². The molecule has 0 aromatic heterocycles. The monoisotopic (exact) mass is 378 g/mol. The standard InChI is InChI=1S/C20H30N2O3S/c1-15-10-11-19(14-16(15)2)22(26(4,24)25)17(3)20(23)21-13-12-18-8-6-5-7-9-18/h8,10-11,14,17H,5-7,9,12-13H2,1-4H3,(H,21,23)/t17-/m0/s1. The van der Waals surface area contributed by atoms with Crippen LogP contribution in [0.2, 0.25) is 0 Å². The van der Waals surface area contributed by atoms with Crippen LogP contribution in [0.15, 0.2) is 29.8 Å². The van der Waals surface area contributed by atoms with Crippen molar-refractivity contribution in [2.24, 2.45) is 0 Å². The van der Waals surface area contributed by atoms with E-state index in [0.717, 1.165) is 36.6 Å². The van der Waals surface area contributed by atoms with E-state index in [1.54, 1.807) is 13.0 Å². The van der Waals surface area contributed by atoms with Gasteiger partial charge < -0.3 is 5.32 Å². The molecule has 6 heteroatoms. The Balaban J connectivity index is 2.08. The number of rotatable bonds is 7. The Kier molecular flexibility index (Phi) is 6.87. The number of hydrogen-bond donors (Lipinski definition) is 1. The largest absolute Gasteiger partial charge is 0.354 e. The van der Waals surface area contributed by atoms with Crippen molar-refractivity contribution in [2.45, 2.75) is 58.9 Å². The highest BCUT2D eigenvalue weighted by Crippen LogP contribution is 2.24. The second-order valence-electron chi connectivity index (χ2n) is 7.15. The predicted molar refractivity (Wildman–Crippen MR) is 107 cm³/mol. The first-order valence-corrected chi connectivity index (χ1v) is 11.1. The van der Waals surface area contributed by atoms with E-state index in [4.69, 9.17) is 0 Å². The van der Waals surface area contributed by atoms with Gasteiger partial charge in [-0.2, -0.15) is 0 Å². The maximum atomic E-state index is 12.6. The van der Waals surface area contributed by atoms with Crippen LogP contribution in [0.5, 0.6) is 0 Å². The van der Waals surface area contributed by atoms with Crippen LogP contribution in [0.4, 0.5) is 5.69 Å². The highest BCUT2D eigenvalue weighted by Gasteiger charge is 2.29. The summed E-state index contributed by atoms with van der Waals surface area (Å²) < 4.78 is 25.9. The van der Waals surface area contributed by atoms with Crippen LogP contribution in [0.25, 0.3) is 0 Å². The summed E-state index contributed by atoms with van der Waals surface area (Å²) in [5, 5.41) is 2.89. The molecule has 0 aliphatic heterocycles. The van der Waals surface area contributed by atoms with Gasteiger partial charge in [-0.25, -0.2) is 8.42 Å². The Morgan fingerprint density at radius 1 is 1.23 bits per heavy atom. The number of anilines is 1. The number of carbonyl (C=O) groups excluding carboxylic acids is 1. The van der Waals surface area contributed by atoms with Gasteiger partial charge >= 0.3 is 0 Å². The van der Waals surface area contributed by atoms with Crippen molar-refractivity contribution < 1.29 is 13.2 Å². The summed E-state index contributed by atoms with van der Waals surface area (Å²) in [5.41, 5.74) is 3.99. The molecule has 1 aromatic rings. The molecule has 5 nitrogen and oxygen atoms in total. The highest BCUT2D eigenvalue weighted by atomic mass is 32.2. The van der Waals surface area contributed by atoms with E-state index in [0.29, 0.717) is 12.2 Å². The zero-order valence-corrected chi connectivity index (χ0v) is 17.0. The summed E-state index contributed by atoms with van der Waals surface area (Å²) in [4.78, 5) is 12.6. The number of nitrogens with zero attached hydrogens (tertiary/aromatic N) is 1. The number of allylic oxidation sites excluding steroid dienone is 1. The molecule has 1 aliphatic carbocycles. The van der Waals surface area contributed by atoms with E-state index < -0.39 is 16.1 Å². The van der Waals surface area contributed by atoms with Crippen LogP contribution in [-0.2, 0) is 14.8 Å². The third-order valence-corrected chi connectivity index (χ3v) is 6.21. The van der Waals surface area contributed by atoms with E-state index in [2.05, 4.69) is 11.4 Å². The fourth-order valence-electron chi connectivity index (χ4n) is 3.30. The van der Waals surface area contributed by atoms with E-state index >= 15 is 0 Å². The summed E-state index contributed by atoms with van der Waals surface area (Å²) in [6.07, 6.45) is 8.91. The molecule has 2 rings (SSSR count). The number of aryl methyl sites for hydroxylation is 2. The molecule has 0 spiro atoms. The van der Waals surface area contributed by atoms with Crippen LogP contribution in [-0.4, -0.2) is 33.2 Å². The molecule has 0 unspecified atom stereocenters. The van der Waals surface area contributed by atoms with Crippen LogP contribution in [0.1, 0.15) is 50.2 Å². The second-order valence-corrected chi connectivity index (χ2v) is 9.01. The van der Waals surface area contributed by atoms with Gasteiger partial charge in [0.05, 0.1) is 11.9 Å². The first-order chi connectivity index (χ1) is 12.2. The zero-order valence-electron chi connectivity index (χ0n) is 16.2. The third-order valence-electron chi connectivity index (χ3n) is 4.96. The van der Waals surface area contributed by atoms with Crippen LogP contribution in [0, 0.1) is 13.8 Å². The van der Waals surface area contributed by atoms with Crippen molar-refractivity contribution in [1.82, 2.24) is 5.32 Å². The molecule has 0 fully saturated rings. The first kappa shape index (κ1) is 20.5. The molecule has 1 aromatic carbocycles. The SMILES string of the molecule is Cc1ccc(N([C@@H](C)C(=O)NCCC2=CCCCC2)S(C)(=O)=O)cc1C. The van der Waals surface area contributed by atoms with Crippen molar-refractivity contribution in [1.29, 1.82) is 0 Å². The lowest BCUT2D eigenvalue weighted by Gasteiger charge is -2.28. The molecule has 144 valence electrons. The van der Waals surface area contributed by atoms with E-state index in [1.807, 2.05) is 26.0 Å². The van der Waals surface area contributed by atoms with Gasteiger partial charge in [-0.05, 0) is 76.1 Å². The fourth-order valence-corrected chi connectivity index (χ4v) is 4.46. The van der Waals surface area contributed by atoms with Gasteiger partial charge in [0.15, 0.2) is 0 Å². The van der Waals surface area contributed by atoms with Crippen molar-refractivity contribution >= 4 is 21.6 Å². The maximum absolute atomic E-state index is 12.6. The third kappa shape index (κ3) is 5.34. The highest BCUT2D eigenvalue weighted by molar-refractivity contribution is 7.92. The summed E-state index contributed by atoms with van der Waals surface area (Å²) in [7, 11) is -3.58. The van der Waals surface area contributed by atoms with Gasteiger partial charge in [0, 0.05) is 6.54 Å². The van der Waals surface area contributed by atoms with Gasteiger partial charge in [0.2, 0.25) is 15.9 Å². The molecule has 0 saturated carbocycles. The minimum atomic E-state index is -3.58. The lowest BCUT2D eigenvalue weighted by atomic mass is 9.97. The molecule has 1 atom stereocenters. The Hall–Kier alpha value is -1.82. The van der Waals surface area contributed by atoms with E-state index in [-0.39, 0.29) is 5.91 Å². The Morgan fingerprint density at radius 2 is 1.96 bits per heavy atom. The average Bonchev–Trinajstić information content (AvgIpc) is 2.58. The molecular weight excluding hydrogens is 348 g/mol. The van der Waals surface area contributed by atoms with Crippen molar-refractivity contribution in [3.8, 4) is 0 Å². The summed E-state index contributed by atoms with van der Waals surface area (Å²) in [5.74, 6) is -0.273. The average molecular weight is 379 g/mol. The summed E-state index contributed by atoms with van der Waals surface area (Å²) >= 11 is 0. The van der Waals surface area contributed by atoms with Crippen molar-refractivity contribution in [2.75, 3.05) is 17.1 Å². The molecule has 0 heterocycles. The Labute approximate surface area is 157 Å². The molecule has 26 heavy (non-hydrogen) atoms. The minimum Gasteiger partial charge on any atom is -0.354 e. The quantitative estimate of drug-likeness (QED) is 0.739. The molecule has 1 aliphatic rings. The predicted octanol–water partition coefficient (Wildman–Crippen LogP) is 3.46. The fraction of sp³-hybridized carbons (Fsp3) is 0.550. The summed E-state index contributed by atoms with van der Waals surface area (Å²) in [6, 6.07) is 4.64. The second kappa shape index (κ2) is 8.71. The summed E-state index contributed by atoms with van der Waals surface area (Å²) in [6.45, 7) is 6.08. The number of carbonyl (C=O) groups is 1. The molecule has 0 radical (unpaired) electrons. The van der Waals surface area contributed by atoms with Crippen molar-refractivity contribution in [3.05, 3.63) is 41.0 Å². The van der Waals surface area contributed by atoms with Crippen molar-refractivity contribution in [3.63, 3.8) is 0 Å². The minimum absolute atomic E-state index is 0.273. The first-order valence-electron chi connectivity index (χ1n) is 9.22. The lowest BCUT2D eigenvalue weighted by molar-refractivity contribution is -0.121. The zero-order chi connectivity index (χ0) is 19.3. The van der Waals surface area contributed by atoms with Gasteiger partial charge in [-0.15, -0.1) is 0 Å². The van der Waals surface area contributed by atoms with Gasteiger partial charge in [-0.1, -0.05) is 17.7 Å².